The van der Waals surface area contributed by atoms with Crippen molar-refractivity contribution in [3.05, 3.63) is 22.8 Å². The Balaban J connectivity index is 2.61. The van der Waals surface area contributed by atoms with Crippen LogP contribution in [0.25, 0.3) is 0 Å². The molecule has 0 fully saturated rings. The number of carbonyl (C=O) groups is 1. The molecule has 3 N–H and O–H groups in total. The van der Waals surface area contributed by atoms with Gasteiger partial charge in [-0.2, -0.15) is 0 Å². The van der Waals surface area contributed by atoms with E-state index in [2.05, 4.69) is 10.3 Å². The Morgan fingerprint density at radius 1 is 1.65 bits per heavy atom. The molecule has 1 rings (SSSR count). The summed E-state index contributed by atoms with van der Waals surface area (Å²) in [4.78, 5) is 15.6. The van der Waals surface area contributed by atoms with Gasteiger partial charge >= 0.3 is 0 Å². The second kappa shape index (κ2) is 6.42. The number of aromatic nitrogens is 1. The molecular weight excluding hydrogens is 242 g/mol. The van der Waals surface area contributed by atoms with E-state index in [1.807, 2.05) is 13.8 Å². The molecular formula is C11H16ClN3O2. The van der Waals surface area contributed by atoms with Crippen molar-refractivity contribution in [2.75, 3.05) is 18.9 Å². The average Bonchev–Trinajstić information content (AvgIpc) is 2.29. The van der Waals surface area contributed by atoms with E-state index in [0.29, 0.717) is 13.2 Å². The van der Waals surface area contributed by atoms with Gasteiger partial charge in [-0.25, -0.2) is 4.98 Å². The molecule has 6 heteroatoms. The molecule has 5 nitrogen and oxygen atoms in total. The summed E-state index contributed by atoms with van der Waals surface area (Å²) in [5.74, 6) is -0.0914. The van der Waals surface area contributed by atoms with Crippen LogP contribution in [0, 0.1) is 0 Å². The normalized spacial score (nSPS) is 12.2. The summed E-state index contributed by atoms with van der Waals surface area (Å²) < 4.78 is 5.29. The molecule has 0 spiro atoms. The van der Waals surface area contributed by atoms with Crippen LogP contribution >= 0.6 is 11.6 Å². The second-order valence-electron chi connectivity index (χ2n) is 3.54. The second-order valence-corrected chi connectivity index (χ2v) is 3.95. The summed E-state index contributed by atoms with van der Waals surface area (Å²) in [7, 11) is 0. The first-order valence-electron chi connectivity index (χ1n) is 5.36. The summed E-state index contributed by atoms with van der Waals surface area (Å²) >= 11 is 5.86. The highest BCUT2D eigenvalue weighted by Crippen LogP contribution is 2.14. The van der Waals surface area contributed by atoms with Crippen LogP contribution in [0.1, 0.15) is 24.3 Å². The summed E-state index contributed by atoms with van der Waals surface area (Å²) in [6.45, 7) is 4.78. The van der Waals surface area contributed by atoms with Crippen LogP contribution in [0.2, 0.25) is 5.02 Å². The minimum Gasteiger partial charge on any atom is -0.384 e. The summed E-state index contributed by atoms with van der Waals surface area (Å²) in [5, 5.41) is 2.96. The number of nitrogens with zero attached hydrogens (tertiary/aromatic N) is 1. The van der Waals surface area contributed by atoms with Crippen molar-refractivity contribution in [3.8, 4) is 0 Å². The van der Waals surface area contributed by atoms with Gasteiger partial charge in [0.15, 0.2) is 0 Å². The van der Waals surface area contributed by atoms with Gasteiger partial charge in [0, 0.05) is 13.2 Å². The largest absolute Gasteiger partial charge is 0.384 e. The predicted molar refractivity (Wildman–Crippen MR) is 67.1 cm³/mol. The molecule has 0 aliphatic rings. The van der Waals surface area contributed by atoms with Crippen molar-refractivity contribution < 1.29 is 9.53 Å². The molecule has 0 saturated carbocycles. The molecule has 17 heavy (non-hydrogen) atoms. The molecule has 0 aromatic carbocycles. The molecule has 1 atom stereocenters. The molecule has 0 saturated heterocycles. The number of nitrogens with two attached hydrogens (primary N) is 1. The van der Waals surface area contributed by atoms with E-state index in [0.717, 1.165) is 0 Å². The third-order valence-corrected chi connectivity index (χ3v) is 2.39. The zero-order valence-electron chi connectivity index (χ0n) is 9.87. The van der Waals surface area contributed by atoms with E-state index in [4.69, 9.17) is 22.1 Å². The molecule has 0 radical (unpaired) electrons. The van der Waals surface area contributed by atoms with Crippen LogP contribution in [-0.2, 0) is 4.74 Å². The predicted octanol–water partition coefficient (Wildman–Crippen LogP) is 1.47. The van der Waals surface area contributed by atoms with E-state index >= 15 is 0 Å². The number of halogens is 1. The van der Waals surface area contributed by atoms with Gasteiger partial charge in [0.25, 0.3) is 5.91 Å². The van der Waals surface area contributed by atoms with Crippen molar-refractivity contribution in [1.82, 2.24) is 10.3 Å². The Hall–Kier alpha value is -1.33. The lowest BCUT2D eigenvalue weighted by molar-refractivity contribution is 0.0693. The Morgan fingerprint density at radius 3 is 3.00 bits per heavy atom. The number of ether oxygens (including phenoxy) is 1. The third-order valence-electron chi connectivity index (χ3n) is 2.08. The summed E-state index contributed by atoms with van der Waals surface area (Å²) in [6, 6.07) is 3.09. The lowest BCUT2D eigenvalue weighted by Gasteiger charge is -2.12. The maximum Gasteiger partial charge on any atom is 0.271 e. The fraction of sp³-hybridized carbons (Fsp3) is 0.455. The SMILES string of the molecule is CCOC(C)CNC(=O)c1nc(N)ccc1Cl. The zero-order chi connectivity index (χ0) is 12.8. The van der Waals surface area contributed by atoms with Crippen LogP contribution in [0.4, 0.5) is 5.82 Å². The highest BCUT2D eigenvalue weighted by molar-refractivity contribution is 6.33. The van der Waals surface area contributed by atoms with Gasteiger partial charge in [0.05, 0.1) is 11.1 Å². The highest BCUT2D eigenvalue weighted by atomic mass is 35.5. The van der Waals surface area contributed by atoms with Crippen molar-refractivity contribution in [1.29, 1.82) is 0 Å². The number of rotatable bonds is 5. The fourth-order valence-corrected chi connectivity index (χ4v) is 1.47. The van der Waals surface area contributed by atoms with Crippen LogP contribution in [-0.4, -0.2) is 30.1 Å². The monoisotopic (exact) mass is 257 g/mol. The topological polar surface area (TPSA) is 77.2 Å². The van der Waals surface area contributed by atoms with Crippen LogP contribution in [0.15, 0.2) is 12.1 Å². The summed E-state index contributed by atoms with van der Waals surface area (Å²) in [6.07, 6.45) is -0.0521. The minimum absolute atomic E-state index is 0.0521. The zero-order valence-corrected chi connectivity index (χ0v) is 10.6. The molecule has 1 aromatic rings. The molecule has 0 bridgehead atoms. The van der Waals surface area contributed by atoms with Crippen molar-refractivity contribution in [2.45, 2.75) is 20.0 Å². The quantitative estimate of drug-likeness (QED) is 0.838. The van der Waals surface area contributed by atoms with E-state index in [1.165, 1.54) is 0 Å². The van der Waals surface area contributed by atoms with E-state index < -0.39 is 0 Å². The standard InChI is InChI=1S/C11H16ClN3O2/c1-3-17-7(2)6-14-11(16)10-8(12)4-5-9(13)15-10/h4-5,7H,3,6H2,1-2H3,(H2,13,15)(H,14,16). The summed E-state index contributed by atoms with van der Waals surface area (Å²) in [5.41, 5.74) is 5.63. The van der Waals surface area contributed by atoms with Crippen LogP contribution < -0.4 is 11.1 Å². The lowest BCUT2D eigenvalue weighted by Crippen LogP contribution is -2.32. The first-order chi connectivity index (χ1) is 8.04. The smallest absolute Gasteiger partial charge is 0.271 e. The van der Waals surface area contributed by atoms with Gasteiger partial charge in [-0.3, -0.25) is 4.79 Å². The lowest BCUT2D eigenvalue weighted by atomic mass is 10.3. The van der Waals surface area contributed by atoms with Crippen molar-refractivity contribution in [2.24, 2.45) is 0 Å². The van der Waals surface area contributed by atoms with Gasteiger partial charge in [0.1, 0.15) is 11.5 Å². The number of nitrogen functional groups attached to an aromatic ring is 1. The maximum absolute atomic E-state index is 11.8. The number of nitrogens with one attached hydrogen (secondary N) is 1. The Morgan fingerprint density at radius 2 is 2.35 bits per heavy atom. The van der Waals surface area contributed by atoms with Gasteiger partial charge in [-0.05, 0) is 26.0 Å². The molecule has 1 unspecified atom stereocenters. The number of hydrogen-bond donors (Lipinski definition) is 2. The van der Waals surface area contributed by atoms with Crippen molar-refractivity contribution in [3.63, 3.8) is 0 Å². The van der Waals surface area contributed by atoms with Crippen LogP contribution in [0.5, 0.6) is 0 Å². The Kier molecular flexibility index (Phi) is 5.18. The molecule has 0 aliphatic carbocycles. The van der Waals surface area contributed by atoms with Crippen LogP contribution in [0.3, 0.4) is 0 Å². The molecule has 1 aromatic heterocycles. The Labute approximate surface area is 105 Å². The molecule has 94 valence electrons. The highest BCUT2D eigenvalue weighted by Gasteiger charge is 2.13. The number of hydrogen-bond acceptors (Lipinski definition) is 4. The van der Waals surface area contributed by atoms with Gasteiger partial charge in [-0.15, -0.1) is 0 Å². The minimum atomic E-state index is -0.353. The Bertz CT molecular complexity index is 398. The fourth-order valence-electron chi connectivity index (χ4n) is 1.28. The van der Waals surface area contributed by atoms with Gasteiger partial charge in [0.2, 0.25) is 0 Å². The number of carbonyl (C=O) groups excluding carboxylic acids is 1. The van der Waals surface area contributed by atoms with Gasteiger partial charge in [-0.1, -0.05) is 11.6 Å². The number of pyridine rings is 1. The number of anilines is 1. The van der Waals surface area contributed by atoms with E-state index in [1.54, 1.807) is 12.1 Å². The van der Waals surface area contributed by atoms with Crippen molar-refractivity contribution >= 4 is 23.3 Å². The molecule has 0 aliphatic heterocycles. The number of amides is 1. The molecule has 1 amide bonds. The third kappa shape index (κ3) is 4.20. The maximum atomic E-state index is 11.8. The van der Waals surface area contributed by atoms with Gasteiger partial charge < -0.3 is 15.8 Å². The first-order valence-corrected chi connectivity index (χ1v) is 5.74. The average molecular weight is 258 g/mol. The first kappa shape index (κ1) is 13.7. The van der Waals surface area contributed by atoms with E-state index in [-0.39, 0.29) is 28.5 Å². The molecule has 1 heterocycles. The van der Waals surface area contributed by atoms with E-state index in [9.17, 15) is 4.79 Å².